The summed E-state index contributed by atoms with van der Waals surface area (Å²) >= 11 is 7.46. The number of thioether (sulfide) groups is 1. The minimum absolute atomic E-state index is 0.599. The third-order valence-corrected chi connectivity index (χ3v) is 3.23. The zero-order chi connectivity index (χ0) is 10.7. The molecule has 15 heavy (non-hydrogen) atoms. The molecule has 0 aliphatic heterocycles. The summed E-state index contributed by atoms with van der Waals surface area (Å²) in [5.74, 6) is 0.828. The van der Waals surface area contributed by atoms with Crippen LogP contribution in [0.5, 0.6) is 0 Å². The van der Waals surface area contributed by atoms with Gasteiger partial charge in [0.25, 0.3) is 0 Å². The molecule has 0 unspecified atom stereocenters. The molecule has 1 aromatic carbocycles. The first-order valence-electron chi connectivity index (χ1n) is 4.42. The molecule has 0 bridgehead atoms. The van der Waals surface area contributed by atoms with Gasteiger partial charge in [-0.05, 0) is 17.7 Å². The molecule has 0 atom stereocenters. The van der Waals surface area contributed by atoms with E-state index >= 15 is 0 Å². The zero-order valence-corrected chi connectivity index (χ0v) is 9.48. The molecule has 3 nitrogen and oxygen atoms in total. The largest absolute Gasteiger partial charge is 0.398 e. The highest BCUT2D eigenvalue weighted by Gasteiger charge is 2.00. The van der Waals surface area contributed by atoms with E-state index in [0.717, 1.165) is 16.5 Å². The maximum absolute atomic E-state index is 5.83. The average Bonchev–Trinajstić information content (AvgIpc) is 2.73. The van der Waals surface area contributed by atoms with Gasteiger partial charge in [0, 0.05) is 18.1 Å². The van der Waals surface area contributed by atoms with Gasteiger partial charge in [0.2, 0.25) is 0 Å². The minimum Gasteiger partial charge on any atom is -0.398 e. The van der Waals surface area contributed by atoms with Crippen LogP contribution < -0.4 is 5.73 Å². The van der Waals surface area contributed by atoms with Crippen LogP contribution >= 0.6 is 23.4 Å². The normalized spacial score (nSPS) is 10.5. The lowest BCUT2D eigenvalue weighted by Gasteiger charge is -2.02. The molecule has 1 heterocycles. The number of hydrogen-bond acceptors (Lipinski definition) is 3. The molecule has 0 spiro atoms. The van der Waals surface area contributed by atoms with Crippen LogP contribution in [0, 0.1) is 0 Å². The fourth-order valence-corrected chi connectivity index (χ4v) is 2.05. The Morgan fingerprint density at radius 1 is 1.47 bits per heavy atom. The molecule has 2 rings (SSSR count). The molecule has 1 aromatic heterocycles. The summed E-state index contributed by atoms with van der Waals surface area (Å²) in [5, 5.41) is 1.50. The summed E-state index contributed by atoms with van der Waals surface area (Å²) in [7, 11) is 0. The number of aromatic amines is 1. The Bertz CT molecular complexity index is 442. The molecule has 0 amide bonds. The van der Waals surface area contributed by atoms with E-state index in [9.17, 15) is 0 Å². The Labute approximate surface area is 97.0 Å². The van der Waals surface area contributed by atoms with E-state index < -0.39 is 0 Å². The Morgan fingerprint density at radius 3 is 3.00 bits per heavy atom. The van der Waals surface area contributed by atoms with Crippen molar-refractivity contribution in [2.24, 2.45) is 0 Å². The Hall–Kier alpha value is -1.13. The number of nitrogens with zero attached hydrogens (tertiary/aromatic N) is 1. The lowest BCUT2D eigenvalue weighted by Crippen LogP contribution is -1.89. The Balaban J connectivity index is 2.02. The maximum Gasteiger partial charge on any atom is 0.165 e. The maximum atomic E-state index is 5.83. The van der Waals surface area contributed by atoms with Crippen molar-refractivity contribution in [2.45, 2.75) is 10.9 Å². The van der Waals surface area contributed by atoms with Crippen LogP contribution in [0.25, 0.3) is 0 Å². The lowest BCUT2D eigenvalue weighted by molar-refractivity contribution is 1.06. The van der Waals surface area contributed by atoms with Crippen molar-refractivity contribution < 1.29 is 0 Å². The number of nitrogens with two attached hydrogens (primary N) is 1. The smallest absolute Gasteiger partial charge is 0.165 e. The molecule has 0 saturated heterocycles. The van der Waals surface area contributed by atoms with Gasteiger partial charge in [0.15, 0.2) is 5.16 Å². The number of halogens is 1. The predicted octanol–water partition coefficient (Wildman–Crippen LogP) is 2.94. The van der Waals surface area contributed by atoms with E-state index in [1.165, 1.54) is 0 Å². The van der Waals surface area contributed by atoms with Gasteiger partial charge in [0.1, 0.15) is 0 Å². The second-order valence-corrected chi connectivity index (χ2v) is 4.41. The standard InChI is InChI=1S/C10H10ClN3S/c11-8-2-1-7(5-9(8)12)6-15-10-13-3-4-14-10/h1-5H,6,12H2,(H,13,14). The Kier molecular flexibility index (Phi) is 3.18. The van der Waals surface area contributed by atoms with Gasteiger partial charge in [-0.3, -0.25) is 0 Å². The van der Waals surface area contributed by atoms with E-state index in [1.807, 2.05) is 18.2 Å². The topological polar surface area (TPSA) is 54.7 Å². The van der Waals surface area contributed by atoms with Crippen LogP contribution in [-0.2, 0) is 5.75 Å². The summed E-state index contributed by atoms with van der Waals surface area (Å²) in [5.41, 5.74) is 7.46. The van der Waals surface area contributed by atoms with Crippen LogP contribution in [0.4, 0.5) is 5.69 Å². The second kappa shape index (κ2) is 4.59. The molecule has 0 aliphatic carbocycles. The summed E-state index contributed by atoms with van der Waals surface area (Å²) in [4.78, 5) is 7.15. The van der Waals surface area contributed by atoms with Crippen LogP contribution in [0.2, 0.25) is 5.02 Å². The number of anilines is 1. The second-order valence-electron chi connectivity index (χ2n) is 3.04. The molecule has 0 aliphatic rings. The molecular formula is C10H10ClN3S. The quantitative estimate of drug-likeness (QED) is 0.640. The van der Waals surface area contributed by atoms with Gasteiger partial charge in [-0.2, -0.15) is 0 Å². The SMILES string of the molecule is Nc1cc(CSc2ncc[nH]2)ccc1Cl. The van der Waals surface area contributed by atoms with E-state index in [-0.39, 0.29) is 0 Å². The summed E-state index contributed by atoms with van der Waals surface area (Å²) in [6, 6.07) is 5.67. The molecule has 0 radical (unpaired) electrons. The van der Waals surface area contributed by atoms with Crippen LogP contribution in [0.3, 0.4) is 0 Å². The van der Waals surface area contributed by atoms with Crippen molar-refractivity contribution in [1.29, 1.82) is 0 Å². The number of aromatic nitrogens is 2. The van der Waals surface area contributed by atoms with Crippen molar-refractivity contribution in [3.05, 3.63) is 41.2 Å². The van der Waals surface area contributed by atoms with Gasteiger partial charge in [-0.25, -0.2) is 4.98 Å². The lowest BCUT2D eigenvalue weighted by atomic mass is 10.2. The van der Waals surface area contributed by atoms with Crippen molar-refractivity contribution >= 4 is 29.1 Å². The Morgan fingerprint density at radius 2 is 2.33 bits per heavy atom. The first-order valence-corrected chi connectivity index (χ1v) is 5.78. The zero-order valence-electron chi connectivity index (χ0n) is 7.90. The molecule has 0 saturated carbocycles. The number of rotatable bonds is 3. The van der Waals surface area contributed by atoms with Crippen LogP contribution in [0.15, 0.2) is 35.7 Å². The molecule has 0 fully saturated rings. The van der Waals surface area contributed by atoms with Crippen molar-refractivity contribution in [2.75, 3.05) is 5.73 Å². The first kappa shape index (κ1) is 10.4. The van der Waals surface area contributed by atoms with Crippen molar-refractivity contribution in [3.8, 4) is 0 Å². The fourth-order valence-electron chi connectivity index (χ4n) is 1.16. The molecule has 78 valence electrons. The monoisotopic (exact) mass is 239 g/mol. The van der Waals surface area contributed by atoms with Gasteiger partial charge in [0.05, 0.1) is 10.7 Å². The van der Waals surface area contributed by atoms with Gasteiger partial charge in [-0.15, -0.1) is 0 Å². The van der Waals surface area contributed by atoms with Gasteiger partial charge >= 0.3 is 0 Å². The number of H-pyrrole nitrogens is 1. The van der Waals surface area contributed by atoms with Gasteiger partial charge < -0.3 is 10.7 Å². The third-order valence-electron chi connectivity index (χ3n) is 1.91. The molecule has 2 aromatic rings. The number of nitrogens with one attached hydrogen (secondary N) is 1. The average molecular weight is 240 g/mol. The molecular weight excluding hydrogens is 230 g/mol. The first-order chi connectivity index (χ1) is 7.25. The van der Waals surface area contributed by atoms with E-state index in [0.29, 0.717) is 10.7 Å². The van der Waals surface area contributed by atoms with Crippen LogP contribution in [-0.4, -0.2) is 9.97 Å². The van der Waals surface area contributed by atoms with Crippen LogP contribution in [0.1, 0.15) is 5.56 Å². The van der Waals surface area contributed by atoms with E-state index in [1.54, 1.807) is 24.2 Å². The number of nitrogen functional groups attached to an aromatic ring is 1. The highest BCUT2D eigenvalue weighted by atomic mass is 35.5. The molecule has 3 N–H and O–H groups in total. The van der Waals surface area contributed by atoms with Crippen molar-refractivity contribution in [1.82, 2.24) is 9.97 Å². The highest BCUT2D eigenvalue weighted by Crippen LogP contribution is 2.24. The van der Waals surface area contributed by atoms with Gasteiger partial charge in [-0.1, -0.05) is 29.4 Å². The number of imidazole rings is 1. The highest BCUT2D eigenvalue weighted by molar-refractivity contribution is 7.98. The number of benzene rings is 1. The van der Waals surface area contributed by atoms with Crippen molar-refractivity contribution in [3.63, 3.8) is 0 Å². The summed E-state index contributed by atoms with van der Waals surface area (Å²) in [6.45, 7) is 0. The number of hydrogen-bond donors (Lipinski definition) is 2. The summed E-state index contributed by atoms with van der Waals surface area (Å²) < 4.78 is 0. The minimum atomic E-state index is 0.599. The predicted molar refractivity (Wildman–Crippen MR) is 64.0 cm³/mol. The summed E-state index contributed by atoms with van der Waals surface area (Å²) in [6.07, 6.45) is 3.54. The van der Waals surface area contributed by atoms with E-state index in [4.69, 9.17) is 17.3 Å². The third kappa shape index (κ3) is 2.67. The molecule has 5 heteroatoms. The van der Waals surface area contributed by atoms with E-state index in [2.05, 4.69) is 9.97 Å². The fraction of sp³-hybridized carbons (Fsp3) is 0.100.